The molecule has 1 saturated carbocycles. The molecule has 0 unspecified atom stereocenters. The zero-order chi connectivity index (χ0) is 19.6. The number of anilines is 1. The number of hydrogen-bond acceptors (Lipinski definition) is 4. The van der Waals surface area contributed by atoms with Gasteiger partial charge in [0.1, 0.15) is 0 Å². The first-order valence-electron chi connectivity index (χ1n) is 11.0. The van der Waals surface area contributed by atoms with Crippen LogP contribution in [0.5, 0.6) is 0 Å². The minimum atomic E-state index is 0.191. The number of carbonyl (C=O) groups is 1. The van der Waals surface area contributed by atoms with Crippen molar-refractivity contribution in [1.29, 1.82) is 0 Å². The highest BCUT2D eigenvalue weighted by Crippen LogP contribution is 2.27. The van der Waals surface area contributed by atoms with E-state index < -0.39 is 0 Å². The summed E-state index contributed by atoms with van der Waals surface area (Å²) in [4.78, 5) is 17.1. The van der Waals surface area contributed by atoms with Crippen molar-refractivity contribution in [2.45, 2.75) is 51.0 Å². The molecule has 5 heteroatoms. The molecule has 0 bridgehead atoms. The maximum Gasteiger partial charge on any atom is 0.220 e. The van der Waals surface area contributed by atoms with Gasteiger partial charge in [-0.2, -0.15) is 0 Å². The highest BCUT2D eigenvalue weighted by Gasteiger charge is 2.23. The first-order chi connectivity index (χ1) is 13.7. The van der Waals surface area contributed by atoms with Crippen molar-refractivity contribution in [2.24, 2.45) is 5.92 Å². The molecule has 0 radical (unpaired) electrons. The number of piperazine rings is 1. The van der Waals surface area contributed by atoms with Crippen LogP contribution in [0.25, 0.3) is 0 Å². The fourth-order valence-electron chi connectivity index (χ4n) is 4.51. The van der Waals surface area contributed by atoms with Gasteiger partial charge in [0.05, 0.1) is 0 Å². The average Bonchev–Trinajstić information content (AvgIpc) is 2.74. The molecule has 2 fully saturated rings. The second-order valence-corrected chi connectivity index (χ2v) is 8.33. The molecule has 1 aromatic carbocycles. The van der Waals surface area contributed by atoms with Gasteiger partial charge < -0.3 is 15.0 Å². The third kappa shape index (κ3) is 6.78. The minimum absolute atomic E-state index is 0.191. The molecule has 0 spiro atoms. The van der Waals surface area contributed by atoms with E-state index in [2.05, 4.69) is 45.4 Å². The highest BCUT2D eigenvalue weighted by molar-refractivity contribution is 5.76. The Morgan fingerprint density at radius 3 is 2.46 bits per heavy atom. The quantitative estimate of drug-likeness (QED) is 0.661. The number of amides is 1. The lowest BCUT2D eigenvalue weighted by atomic mass is 9.84. The molecule has 1 aliphatic heterocycles. The molecule has 156 valence electrons. The Hall–Kier alpha value is -1.59. The Kier molecular flexibility index (Phi) is 8.62. The van der Waals surface area contributed by atoms with Gasteiger partial charge in [-0.3, -0.25) is 9.69 Å². The lowest BCUT2D eigenvalue weighted by molar-refractivity contribution is -0.122. The molecule has 1 heterocycles. The summed E-state index contributed by atoms with van der Waals surface area (Å²) in [6.07, 6.45) is 7.50. The summed E-state index contributed by atoms with van der Waals surface area (Å²) in [5, 5.41) is 3.21. The third-order valence-corrected chi connectivity index (χ3v) is 6.31. The Labute approximate surface area is 170 Å². The van der Waals surface area contributed by atoms with Crippen molar-refractivity contribution < 1.29 is 9.53 Å². The average molecular weight is 388 g/mol. The van der Waals surface area contributed by atoms with Gasteiger partial charge in [-0.25, -0.2) is 0 Å². The van der Waals surface area contributed by atoms with Crippen molar-refractivity contribution in [3.05, 3.63) is 30.3 Å². The topological polar surface area (TPSA) is 44.8 Å². The second kappa shape index (κ2) is 11.4. The van der Waals surface area contributed by atoms with E-state index in [0.29, 0.717) is 19.1 Å². The lowest BCUT2D eigenvalue weighted by Gasteiger charge is -2.37. The molecular weight excluding hydrogens is 350 g/mol. The van der Waals surface area contributed by atoms with Gasteiger partial charge in [0.25, 0.3) is 0 Å². The maximum absolute atomic E-state index is 12.0. The molecular formula is C23H37N3O2. The monoisotopic (exact) mass is 387 g/mol. The largest absolute Gasteiger partial charge is 0.385 e. The molecule has 1 N–H and O–H groups in total. The summed E-state index contributed by atoms with van der Waals surface area (Å²) in [7, 11) is 1.68. The lowest BCUT2D eigenvalue weighted by Crippen LogP contribution is -2.47. The maximum atomic E-state index is 12.0. The van der Waals surface area contributed by atoms with E-state index in [1.54, 1.807) is 7.11 Å². The number of carbonyl (C=O) groups excluding carboxylic acids is 1. The number of methoxy groups -OCH3 is 1. The number of para-hydroxylation sites is 1. The van der Waals surface area contributed by atoms with Crippen LogP contribution in [0.3, 0.4) is 0 Å². The third-order valence-electron chi connectivity index (χ3n) is 6.31. The first-order valence-corrected chi connectivity index (χ1v) is 11.0. The molecule has 1 aromatic rings. The number of benzene rings is 1. The molecule has 1 saturated heterocycles. The van der Waals surface area contributed by atoms with Crippen molar-refractivity contribution >= 4 is 11.6 Å². The summed E-state index contributed by atoms with van der Waals surface area (Å²) in [6.45, 7) is 6.49. The van der Waals surface area contributed by atoms with Crippen LogP contribution in [0.4, 0.5) is 5.69 Å². The predicted octanol–water partition coefficient (Wildman–Crippen LogP) is 3.30. The smallest absolute Gasteiger partial charge is 0.220 e. The van der Waals surface area contributed by atoms with Gasteiger partial charge in [-0.15, -0.1) is 0 Å². The summed E-state index contributed by atoms with van der Waals surface area (Å²) in [5.41, 5.74) is 1.35. The van der Waals surface area contributed by atoms with Crippen LogP contribution in [0, 0.1) is 5.92 Å². The van der Waals surface area contributed by atoms with Crippen molar-refractivity contribution in [1.82, 2.24) is 10.2 Å². The molecule has 28 heavy (non-hydrogen) atoms. The van der Waals surface area contributed by atoms with Crippen LogP contribution >= 0.6 is 0 Å². The number of hydrogen-bond donors (Lipinski definition) is 1. The van der Waals surface area contributed by atoms with Gasteiger partial charge in [-0.1, -0.05) is 18.2 Å². The van der Waals surface area contributed by atoms with Crippen LogP contribution in [0.15, 0.2) is 30.3 Å². The van der Waals surface area contributed by atoms with E-state index in [9.17, 15) is 4.79 Å². The van der Waals surface area contributed by atoms with Crippen molar-refractivity contribution in [3.63, 3.8) is 0 Å². The number of rotatable bonds is 9. The summed E-state index contributed by atoms with van der Waals surface area (Å²) >= 11 is 0. The van der Waals surface area contributed by atoms with Crippen LogP contribution < -0.4 is 10.2 Å². The standard InChI is InChI=1S/C23H37N3O2/c1-28-19-5-8-23(27)24-21-11-9-20(10-12-21)13-14-25-15-17-26(18-16-25)22-6-3-2-4-7-22/h2-4,6-7,20-21H,5,8-19H2,1H3,(H,24,27). The zero-order valence-electron chi connectivity index (χ0n) is 17.4. The van der Waals surface area contributed by atoms with Gasteiger partial charge in [0.15, 0.2) is 0 Å². The van der Waals surface area contributed by atoms with E-state index >= 15 is 0 Å². The molecule has 0 atom stereocenters. The van der Waals surface area contributed by atoms with Crippen LogP contribution in [0.1, 0.15) is 44.9 Å². The predicted molar refractivity (Wildman–Crippen MR) is 115 cm³/mol. The number of nitrogens with zero attached hydrogens (tertiary/aromatic N) is 2. The Bertz CT molecular complexity index is 564. The Morgan fingerprint density at radius 1 is 1.07 bits per heavy atom. The molecule has 0 aromatic heterocycles. The van der Waals surface area contributed by atoms with E-state index in [1.807, 2.05) is 0 Å². The second-order valence-electron chi connectivity index (χ2n) is 8.33. The van der Waals surface area contributed by atoms with Gasteiger partial charge in [0, 0.05) is 58.0 Å². The molecule has 2 aliphatic rings. The summed E-state index contributed by atoms with van der Waals surface area (Å²) in [5.74, 6) is 1.02. The number of ether oxygens (including phenoxy) is 1. The summed E-state index contributed by atoms with van der Waals surface area (Å²) < 4.78 is 5.01. The molecule has 3 rings (SSSR count). The summed E-state index contributed by atoms with van der Waals surface area (Å²) in [6, 6.07) is 11.1. The van der Waals surface area contributed by atoms with E-state index in [-0.39, 0.29) is 5.91 Å². The normalized spacial score (nSPS) is 23.5. The first kappa shape index (κ1) is 21.1. The van der Waals surface area contributed by atoms with Crippen LogP contribution in [0.2, 0.25) is 0 Å². The van der Waals surface area contributed by atoms with Gasteiger partial charge in [0.2, 0.25) is 5.91 Å². The minimum Gasteiger partial charge on any atom is -0.385 e. The van der Waals surface area contributed by atoms with Gasteiger partial charge >= 0.3 is 0 Å². The fourth-order valence-corrected chi connectivity index (χ4v) is 4.51. The van der Waals surface area contributed by atoms with E-state index in [0.717, 1.165) is 38.3 Å². The zero-order valence-corrected chi connectivity index (χ0v) is 17.4. The SMILES string of the molecule is COCCCC(=O)NC1CCC(CCN2CCN(c3ccccc3)CC2)CC1. The molecule has 5 nitrogen and oxygen atoms in total. The van der Waals surface area contributed by atoms with Crippen LogP contribution in [-0.4, -0.2) is 63.3 Å². The van der Waals surface area contributed by atoms with Crippen molar-refractivity contribution in [2.75, 3.05) is 51.3 Å². The fraction of sp³-hybridized carbons (Fsp3) is 0.696. The Morgan fingerprint density at radius 2 is 1.79 bits per heavy atom. The van der Waals surface area contributed by atoms with Crippen LogP contribution in [-0.2, 0) is 9.53 Å². The molecule has 1 amide bonds. The van der Waals surface area contributed by atoms with E-state index in [1.165, 1.54) is 44.6 Å². The Balaban J connectivity index is 1.27. The van der Waals surface area contributed by atoms with E-state index in [4.69, 9.17) is 4.74 Å². The highest BCUT2D eigenvalue weighted by atomic mass is 16.5. The van der Waals surface area contributed by atoms with Crippen molar-refractivity contribution in [3.8, 4) is 0 Å². The number of nitrogens with one attached hydrogen (secondary N) is 1. The van der Waals surface area contributed by atoms with Gasteiger partial charge in [-0.05, 0) is 63.1 Å². The molecule has 1 aliphatic carbocycles.